The van der Waals surface area contributed by atoms with Crippen molar-refractivity contribution in [1.29, 1.82) is 0 Å². The Morgan fingerprint density at radius 3 is 3.00 bits per heavy atom. The van der Waals surface area contributed by atoms with Crippen LogP contribution in [-0.4, -0.2) is 42.8 Å². The third-order valence-corrected chi connectivity index (χ3v) is 4.76. The van der Waals surface area contributed by atoms with Gasteiger partial charge in [0.2, 0.25) is 5.91 Å². The van der Waals surface area contributed by atoms with Crippen molar-refractivity contribution in [3.63, 3.8) is 0 Å². The second kappa shape index (κ2) is 6.20. The van der Waals surface area contributed by atoms with Crippen LogP contribution in [0, 0.1) is 0 Å². The van der Waals surface area contributed by atoms with E-state index in [4.69, 9.17) is 5.73 Å². The highest BCUT2D eigenvalue weighted by atomic mass is 16.1. The summed E-state index contributed by atoms with van der Waals surface area (Å²) in [5.74, 6) is 0.530. The lowest BCUT2D eigenvalue weighted by Crippen LogP contribution is -2.35. The Hall–Kier alpha value is -2.89. The van der Waals surface area contributed by atoms with Crippen molar-refractivity contribution in [3.8, 4) is 0 Å². The van der Waals surface area contributed by atoms with Crippen LogP contribution in [0.15, 0.2) is 35.3 Å². The summed E-state index contributed by atoms with van der Waals surface area (Å²) in [7, 11) is 0. The molecule has 0 spiro atoms. The minimum absolute atomic E-state index is 0.0163. The van der Waals surface area contributed by atoms with Crippen molar-refractivity contribution in [2.75, 3.05) is 30.3 Å². The lowest BCUT2D eigenvalue weighted by molar-refractivity contribution is -0.119. The molecule has 4 rings (SSSR count). The average Bonchev–Trinajstić information content (AvgIpc) is 3.24. The lowest BCUT2D eigenvalue weighted by atomic mass is 10.0. The number of fused-ring (bicyclic) bond motifs is 1. The van der Waals surface area contributed by atoms with E-state index in [1.165, 1.54) is 5.57 Å². The molecule has 0 radical (unpaired) electrons. The molecule has 2 aromatic rings. The van der Waals surface area contributed by atoms with Crippen molar-refractivity contribution >= 4 is 40.1 Å². The molecule has 25 heavy (non-hydrogen) atoms. The molecule has 0 saturated carbocycles. The number of nitrogens with one attached hydrogen (secondary N) is 1. The summed E-state index contributed by atoms with van der Waals surface area (Å²) in [6, 6.07) is 8.41. The van der Waals surface area contributed by atoms with E-state index in [1.807, 2.05) is 18.4 Å². The third kappa shape index (κ3) is 3.07. The quantitative estimate of drug-likeness (QED) is 0.898. The highest BCUT2D eigenvalue weighted by Crippen LogP contribution is 2.32. The number of nitrogens with two attached hydrogens (primary N) is 1. The second-order valence-electron chi connectivity index (χ2n) is 6.61. The SMILES string of the molecule is CC(=O)N[C@H]1CCN(c2cc(N)nc3cc(C4=CC=NC4)ccc23)C1. The van der Waals surface area contributed by atoms with Crippen molar-refractivity contribution in [2.45, 2.75) is 19.4 Å². The Bertz CT molecular complexity index is 902. The Morgan fingerprint density at radius 2 is 2.24 bits per heavy atom. The summed E-state index contributed by atoms with van der Waals surface area (Å²) in [5.41, 5.74) is 10.4. The van der Waals surface area contributed by atoms with Crippen LogP contribution in [-0.2, 0) is 4.79 Å². The first-order chi connectivity index (χ1) is 12.1. The molecule has 6 nitrogen and oxygen atoms in total. The number of nitrogen functional groups attached to an aromatic ring is 1. The molecule has 1 saturated heterocycles. The lowest BCUT2D eigenvalue weighted by Gasteiger charge is -2.21. The summed E-state index contributed by atoms with van der Waals surface area (Å²) in [4.78, 5) is 22.3. The van der Waals surface area contributed by atoms with Crippen molar-refractivity contribution in [3.05, 3.63) is 35.9 Å². The Balaban J connectivity index is 1.68. The minimum atomic E-state index is 0.0163. The number of carbonyl (C=O) groups excluding carboxylic acids is 1. The van der Waals surface area contributed by atoms with Gasteiger partial charge in [-0.05, 0) is 29.7 Å². The topological polar surface area (TPSA) is 83.6 Å². The van der Waals surface area contributed by atoms with Crippen LogP contribution < -0.4 is 16.0 Å². The van der Waals surface area contributed by atoms with Crippen LogP contribution in [0.3, 0.4) is 0 Å². The molecule has 6 heteroatoms. The first kappa shape index (κ1) is 15.6. The predicted molar refractivity (Wildman–Crippen MR) is 102 cm³/mol. The van der Waals surface area contributed by atoms with Crippen LogP contribution in [0.5, 0.6) is 0 Å². The van der Waals surface area contributed by atoms with Crippen LogP contribution >= 0.6 is 0 Å². The molecule has 3 heterocycles. The van der Waals surface area contributed by atoms with Gasteiger partial charge in [0.25, 0.3) is 0 Å². The van der Waals surface area contributed by atoms with Gasteiger partial charge in [-0.1, -0.05) is 12.1 Å². The molecule has 0 bridgehead atoms. The monoisotopic (exact) mass is 335 g/mol. The molecule has 2 aliphatic heterocycles. The molecule has 1 fully saturated rings. The van der Waals surface area contributed by atoms with E-state index < -0.39 is 0 Å². The van der Waals surface area contributed by atoms with Gasteiger partial charge in [-0.2, -0.15) is 0 Å². The van der Waals surface area contributed by atoms with Gasteiger partial charge in [0.05, 0.1) is 12.1 Å². The van der Waals surface area contributed by atoms with E-state index in [0.29, 0.717) is 12.4 Å². The van der Waals surface area contributed by atoms with E-state index in [9.17, 15) is 4.79 Å². The third-order valence-electron chi connectivity index (χ3n) is 4.76. The van der Waals surface area contributed by atoms with E-state index in [1.54, 1.807) is 6.92 Å². The summed E-state index contributed by atoms with van der Waals surface area (Å²) in [6.45, 7) is 3.96. The predicted octanol–water partition coefficient (Wildman–Crippen LogP) is 2.00. The molecular weight excluding hydrogens is 314 g/mol. The number of nitrogens with zero attached hydrogens (tertiary/aromatic N) is 3. The number of hydrogen-bond donors (Lipinski definition) is 2. The zero-order valence-electron chi connectivity index (χ0n) is 14.2. The summed E-state index contributed by atoms with van der Waals surface area (Å²) in [6.07, 6.45) is 4.81. The number of pyridine rings is 1. The van der Waals surface area contributed by atoms with Gasteiger partial charge in [0, 0.05) is 49.4 Å². The average molecular weight is 335 g/mol. The molecule has 3 N–H and O–H groups in total. The van der Waals surface area contributed by atoms with E-state index >= 15 is 0 Å². The van der Waals surface area contributed by atoms with Gasteiger partial charge < -0.3 is 16.0 Å². The molecule has 1 amide bonds. The smallest absolute Gasteiger partial charge is 0.217 e. The molecular formula is C19H21N5O. The number of benzene rings is 1. The number of aromatic nitrogens is 1. The van der Waals surface area contributed by atoms with Gasteiger partial charge in [-0.25, -0.2) is 4.98 Å². The Morgan fingerprint density at radius 1 is 1.36 bits per heavy atom. The van der Waals surface area contributed by atoms with Crippen LogP contribution in [0.4, 0.5) is 11.5 Å². The van der Waals surface area contributed by atoms with Crippen LogP contribution in [0.25, 0.3) is 16.5 Å². The van der Waals surface area contributed by atoms with Gasteiger partial charge in [0.15, 0.2) is 0 Å². The standard InChI is InChI=1S/C19H21N5O/c1-12(25)22-15-5-7-24(11-15)18-9-19(20)23-17-8-13(2-3-16(17)18)14-4-6-21-10-14/h2-4,6,8-9,15H,5,7,10-11H2,1H3,(H2,20,23)(H,22,25)/t15-/m0/s1. The number of anilines is 2. The van der Waals surface area contributed by atoms with E-state index in [0.717, 1.165) is 41.7 Å². The zero-order valence-corrected chi connectivity index (χ0v) is 14.2. The summed E-state index contributed by atoms with van der Waals surface area (Å²) >= 11 is 0. The van der Waals surface area contributed by atoms with Crippen molar-refractivity contribution < 1.29 is 4.79 Å². The molecule has 0 aliphatic carbocycles. The van der Waals surface area contributed by atoms with Gasteiger partial charge in [0.1, 0.15) is 5.82 Å². The molecule has 1 atom stereocenters. The molecule has 1 aromatic carbocycles. The minimum Gasteiger partial charge on any atom is -0.384 e. The summed E-state index contributed by atoms with van der Waals surface area (Å²) in [5, 5.41) is 4.09. The van der Waals surface area contributed by atoms with Gasteiger partial charge in [-0.15, -0.1) is 0 Å². The number of aliphatic imine (C=N–C) groups is 1. The number of amides is 1. The van der Waals surface area contributed by atoms with E-state index in [-0.39, 0.29) is 11.9 Å². The Kier molecular flexibility index (Phi) is 3.87. The first-order valence-electron chi connectivity index (χ1n) is 8.52. The van der Waals surface area contributed by atoms with Crippen LogP contribution in [0.1, 0.15) is 18.9 Å². The largest absolute Gasteiger partial charge is 0.384 e. The maximum Gasteiger partial charge on any atom is 0.217 e. The highest BCUT2D eigenvalue weighted by Gasteiger charge is 2.25. The molecule has 0 unspecified atom stereocenters. The fourth-order valence-corrected chi connectivity index (χ4v) is 3.61. The van der Waals surface area contributed by atoms with Gasteiger partial charge in [-0.3, -0.25) is 9.79 Å². The van der Waals surface area contributed by atoms with Crippen LogP contribution in [0.2, 0.25) is 0 Å². The molecule has 1 aromatic heterocycles. The maximum absolute atomic E-state index is 11.3. The van der Waals surface area contributed by atoms with Gasteiger partial charge >= 0.3 is 0 Å². The summed E-state index contributed by atoms with van der Waals surface area (Å²) < 4.78 is 0. The fourth-order valence-electron chi connectivity index (χ4n) is 3.61. The molecule has 128 valence electrons. The van der Waals surface area contributed by atoms with Crippen molar-refractivity contribution in [2.24, 2.45) is 4.99 Å². The number of carbonyl (C=O) groups is 1. The Labute approximate surface area is 146 Å². The normalized spacial score (nSPS) is 19.5. The fraction of sp³-hybridized carbons (Fsp3) is 0.316. The van der Waals surface area contributed by atoms with Crippen molar-refractivity contribution in [1.82, 2.24) is 10.3 Å². The molecule has 2 aliphatic rings. The number of allylic oxidation sites excluding steroid dienone is 1. The number of hydrogen-bond acceptors (Lipinski definition) is 5. The number of rotatable bonds is 3. The maximum atomic E-state index is 11.3. The van der Waals surface area contributed by atoms with E-state index in [2.05, 4.69) is 38.4 Å². The first-order valence-corrected chi connectivity index (χ1v) is 8.52. The zero-order chi connectivity index (χ0) is 17.4. The second-order valence-corrected chi connectivity index (χ2v) is 6.61. The highest BCUT2D eigenvalue weighted by molar-refractivity contribution is 5.97.